The van der Waals surface area contributed by atoms with E-state index in [1.807, 2.05) is 11.8 Å². The molecule has 3 nitrogen and oxygen atoms in total. The summed E-state index contributed by atoms with van der Waals surface area (Å²) in [7, 11) is 0. The molecule has 0 aromatic heterocycles. The number of nitrogens with one attached hydrogen (secondary N) is 1. The van der Waals surface area contributed by atoms with E-state index in [4.69, 9.17) is 5.11 Å². The summed E-state index contributed by atoms with van der Waals surface area (Å²) in [5.41, 5.74) is 0. The number of nitrogens with zero attached hydrogens (tertiary/aromatic N) is 1. The Balaban J connectivity index is 1.90. The number of aliphatic hydroxyl groups excluding tert-OH is 1. The summed E-state index contributed by atoms with van der Waals surface area (Å²) in [5, 5.41) is 11.9. The Kier molecular flexibility index (Phi) is 6.87. The number of aliphatic imine (C=N–C) groups is 1. The zero-order valence-electron chi connectivity index (χ0n) is 8.67. The van der Waals surface area contributed by atoms with Crippen molar-refractivity contribution < 1.29 is 5.11 Å². The molecule has 4 heteroatoms. The highest BCUT2D eigenvalue weighted by Gasteiger charge is 2.03. The van der Waals surface area contributed by atoms with Gasteiger partial charge in [-0.25, -0.2) is 0 Å². The Morgan fingerprint density at radius 1 is 1.36 bits per heavy atom. The molecule has 1 rings (SSSR count). The van der Waals surface area contributed by atoms with Crippen molar-refractivity contribution in [1.29, 1.82) is 0 Å². The molecule has 1 aliphatic rings. The molecule has 0 fully saturated rings. The first-order valence-corrected chi connectivity index (χ1v) is 6.55. The van der Waals surface area contributed by atoms with Crippen LogP contribution in [0.15, 0.2) is 4.99 Å². The predicted molar refractivity (Wildman–Crippen MR) is 63.2 cm³/mol. The molecule has 0 atom stereocenters. The number of thioether (sulfide) groups is 1. The smallest absolute Gasteiger partial charge is 0.0963 e. The molecule has 0 radical (unpaired) electrons. The first-order valence-electron chi connectivity index (χ1n) is 5.39. The Labute approximate surface area is 90.4 Å². The second kappa shape index (κ2) is 8.12. The molecule has 0 saturated carbocycles. The predicted octanol–water partition coefficient (Wildman–Crippen LogP) is 1.27. The van der Waals surface area contributed by atoms with Gasteiger partial charge >= 0.3 is 0 Å². The van der Waals surface area contributed by atoms with Crippen LogP contribution in [-0.2, 0) is 0 Å². The quantitative estimate of drug-likeness (QED) is 0.657. The monoisotopic (exact) mass is 216 g/mol. The van der Waals surface area contributed by atoms with E-state index in [9.17, 15) is 0 Å². The number of aliphatic hydroxyl groups is 1. The molecule has 0 aromatic carbocycles. The average Bonchev–Trinajstić information content (AvgIpc) is 2.25. The molecule has 0 unspecified atom stereocenters. The molecule has 0 bridgehead atoms. The van der Waals surface area contributed by atoms with Crippen LogP contribution in [-0.4, -0.2) is 42.1 Å². The number of hydrogen-bond donors (Lipinski definition) is 2. The topological polar surface area (TPSA) is 44.6 Å². The molecule has 2 N–H and O–H groups in total. The van der Waals surface area contributed by atoms with Crippen molar-refractivity contribution in [2.75, 3.05) is 31.2 Å². The maximum absolute atomic E-state index is 8.58. The lowest BCUT2D eigenvalue weighted by Crippen LogP contribution is -2.27. The third kappa shape index (κ3) is 5.50. The van der Waals surface area contributed by atoms with Gasteiger partial charge in [0.1, 0.15) is 0 Å². The van der Waals surface area contributed by atoms with Gasteiger partial charge in [-0.15, -0.1) is 0 Å². The first kappa shape index (κ1) is 11.9. The molecular formula is C10H20N2OS. The van der Waals surface area contributed by atoms with Crippen LogP contribution in [0.1, 0.15) is 25.7 Å². The van der Waals surface area contributed by atoms with Crippen molar-refractivity contribution in [3.63, 3.8) is 0 Å². The first-order chi connectivity index (χ1) is 6.93. The van der Waals surface area contributed by atoms with Crippen molar-refractivity contribution in [3.8, 4) is 0 Å². The second-order valence-electron chi connectivity index (χ2n) is 3.40. The van der Waals surface area contributed by atoms with Gasteiger partial charge in [-0.2, -0.15) is 11.8 Å². The van der Waals surface area contributed by atoms with Gasteiger partial charge in [-0.05, 0) is 25.0 Å². The third-order valence-electron chi connectivity index (χ3n) is 2.15. The molecule has 0 amide bonds. The second-order valence-corrected chi connectivity index (χ2v) is 4.63. The van der Waals surface area contributed by atoms with Crippen LogP contribution >= 0.6 is 11.8 Å². The molecule has 0 saturated heterocycles. The van der Waals surface area contributed by atoms with Crippen molar-refractivity contribution in [2.24, 2.45) is 4.99 Å². The van der Waals surface area contributed by atoms with Crippen molar-refractivity contribution in [2.45, 2.75) is 25.7 Å². The lowest BCUT2D eigenvalue weighted by molar-refractivity contribution is 0.296. The minimum atomic E-state index is 0.313. The van der Waals surface area contributed by atoms with E-state index in [1.54, 1.807) is 0 Å². The molecule has 1 aliphatic heterocycles. The maximum atomic E-state index is 8.58. The van der Waals surface area contributed by atoms with Gasteiger partial charge in [0.2, 0.25) is 0 Å². The normalized spacial score (nSPS) is 16.5. The van der Waals surface area contributed by atoms with E-state index in [1.165, 1.54) is 18.7 Å². The Hall–Kier alpha value is -0.220. The number of amidine groups is 1. The summed E-state index contributed by atoms with van der Waals surface area (Å²) in [4.78, 5) is 4.42. The summed E-state index contributed by atoms with van der Waals surface area (Å²) in [6, 6.07) is 0. The largest absolute Gasteiger partial charge is 0.396 e. The zero-order valence-corrected chi connectivity index (χ0v) is 9.48. The third-order valence-corrected chi connectivity index (χ3v) is 3.22. The minimum Gasteiger partial charge on any atom is -0.396 e. The van der Waals surface area contributed by atoms with Gasteiger partial charge in [-0.1, -0.05) is 0 Å². The Bertz CT molecular complexity index is 174. The molecule has 0 aliphatic carbocycles. The summed E-state index contributed by atoms with van der Waals surface area (Å²) >= 11 is 1.89. The fourth-order valence-electron chi connectivity index (χ4n) is 1.38. The highest BCUT2D eigenvalue weighted by atomic mass is 32.2. The van der Waals surface area contributed by atoms with E-state index in [2.05, 4.69) is 10.3 Å². The van der Waals surface area contributed by atoms with Crippen LogP contribution in [0.5, 0.6) is 0 Å². The van der Waals surface area contributed by atoms with Crippen molar-refractivity contribution >= 4 is 17.6 Å². The van der Waals surface area contributed by atoms with E-state index in [0.29, 0.717) is 6.61 Å². The van der Waals surface area contributed by atoms with Crippen LogP contribution in [0.25, 0.3) is 0 Å². The van der Waals surface area contributed by atoms with Crippen molar-refractivity contribution in [1.82, 2.24) is 5.32 Å². The van der Waals surface area contributed by atoms with Gasteiger partial charge in [0.05, 0.1) is 5.84 Å². The Morgan fingerprint density at radius 2 is 2.29 bits per heavy atom. The lowest BCUT2D eigenvalue weighted by Gasteiger charge is -2.13. The molecule has 1 heterocycles. The lowest BCUT2D eigenvalue weighted by atomic mass is 10.2. The highest BCUT2D eigenvalue weighted by Crippen LogP contribution is 2.04. The molecular weight excluding hydrogens is 196 g/mol. The van der Waals surface area contributed by atoms with Crippen molar-refractivity contribution in [3.05, 3.63) is 0 Å². The standard InChI is InChI=1S/C10H20N2OS/c13-7-3-8-14-9-6-12-10-4-1-2-5-11-10/h13H,1-9H2,(H,11,12). The zero-order chi connectivity index (χ0) is 10.1. The summed E-state index contributed by atoms with van der Waals surface area (Å²) < 4.78 is 0. The highest BCUT2D eigenvalue weighted by molar-refractivity contribution is 7.99. The fourth-order valence-corrected chi connectivity index (χ4v) is 2.16. The van der Waals surface area contributed by atoms with E-state index in [-0.39, 0.29) is 0 Å². The van der Waals surface area contributed by atoms with Crippen LogP contribution in [0, 0.1) is 0 Å². The van der Waals surface area contributed by atoms with Gasteiger partial charge in [0, 0.05) is 31.9 Å². The summed E-state index contributed by atoms with van der Waals surface area (Å²) in [6.45, 7) is 2.32. The van der Waals surface area contributed by atoms with E-state index >= 15 is 0 Å². The van der Waals surface area contributed by atoms with E-state index in [0.717, 1.165) is 37.4 Å². The van der Waals surface area contributed by atoms with Crippen LogP contribution in [0.3, 0.4) is 0 Å². The molecule has 0 aromatic rings. The fraction of sp³-hybridized carbons (Fsp3) is 0.900. The maximum Gasteiger partial charge on any atom is 0.0963 e. The Morgan fingerprint density at radius 3 is 3.00 bits per heavy atom. The summed E-state index contributed by atoms with van der Waals surface area (Å²) in [6.07, 6.45) is 4.56. The number of hydrogen-bond acceptors (Lipinski definition) is 4. The van der Waals surface area contributed by atoms with Gasteiger partial charge < -0.3 is 10.4 Å². The van der Waals surface area contributed by atoms with Gasteiger partial charge in [-0.3, -0.25) is 4.99 Å². The average molecular weight is 216 g/mol. The van der Waals surface area contributed by atoms with E-state index < -0.39 is 0 Å². The SMILES string of the molecule is OCCCSCCNC1=NCCCC1. The number of rotatable bonds is 6. The van der Waals surface area contributed by atoms with Crippen LogP contribution < -0.4 is 5.32 Å². The van der Waals surface area contributed by atoms with Gasteiger partial charge in [0.15, 0.2) is 0 Å². The summed E-state index contributed by atoms with van der Waals surface area (Å²) in [5.74, 6) is 3.36. The van der Waals surface area contributed by atoms with Crippen LogP contribution in [0.4, 0.5) is 0 Å². The molecule has 0 spiro atoms. The minimum absolute atomic E-state index is 0.313. The van der Waals surface area contributed by atoms with Crippen LogP contribution in [0.2, 0.25) is 0 Å². The molecule has 82 valence electrons. The molecule has 14 heavy (non-hydrogen) atoms. The van der Waals surface area contributed by atoms with Gasteiger partial charge in [0.25, 0.3) is 0 Å².